The largest absolute Gasteiger partial charge is 0.475 e. The van der Waals surface area contributed by atoms with Gasteiger partial charge >= 0.3 is 0 Å². The number of rotatable bonds is 10. The van der Waals surface area contributed by atoms with E-state index in [0.717, 1.165) is 36.7 Å². The van der Waals surface area contributed by atoms with Crippen molar-refractivity contribution < 1.29 is 9.47 Å². The van der Waals surface area contributed by atoms with Crippen LogP contribution < -0.4 is 15.4 Å². The molecule has 0 radical (unpaired) electrons. The molecule has 2 aromatic rings. The maximum Gasteiger partial charge on any atom is 0.218 e. The Hall–Kier alpha value is -2.61. The molecule has 8 nitrogen and oxygen atoms in total. The Kier molecular flexibility index (Phi) is 8.57. The number of nitrogens with one attached hydrogen (secondary N) is 2. The quantitative estimate of drug-likeness (QED) is 0.374. The molecular weight excluding hydrogens is 344 g/mol. The second-order valence-corrected chi connectivity index (χ2v) is 6.17. The predicted octanol–water partition coefficient (Wildman–Crippen LogP) is 1.68. The van der Waals surface area contributed by atoms with Crippen LogP contribution in [0.5, 0.6) is 5.88 Å². The van der Waals surface area contributed by atoms with Crippen molar-refractivity contribution in [3.63, 3.8) is 0 Å². The van der Waals surface area contributed by atoms with E-state index in [4.69, 9.17) is 9.47 Å². The number of aliphatic imine (C=N–C) groups is 1. The standard InChI is InChI=1S/C19H30N6O2/c1-15-13-16(2)25(24-15)10-6-9-22-19(20-3)23-14-17-7-5-8-21-18(17)27-12-11-26-4/h5,7-8,13H,6,9-12,14H2,1-4H3,(H2,20,22,23). The van der Waals surface area contributed by atoms with Crippen LogP contribution >= 0.6 is 0 Å². The fourth-order valence-corrected chi connectivity index (χ4v) is 2.65. The van der Waals surface area contributed by atoms with Crippen LogP contribution in [-0.2, 0) is 17.8 Å². The maximum atomic E-state index is 5.66. The molecule has 0 aliphatic rings. The molecule has 0 aliphatic carbocycles. The molecule has 2 aromatic heterocycles. The Bertz CT molecular complexity index is 729. The third kappa shape index (κ3) is 6.90. The Balaban J connectivity index is 1.76. The van der Waals surface area contributed by atoms with E-state index in [-0.39, 0.29) is 0 Å². The molecule has 0 fully saturated rings. The average Bonchev–Trinajstić information content (AvgIpc) is 2.99. The van der Waals surface area contributed by atoms with Crippen LogP contribution in [0.3, 0.4) is 0 Å². The Morgan fingerprint density at radius 3 is 2.81 bits per heavy atom. The molecule has 27 heavy (non-hydrogen) atoms. The van der Waals surface area contributed by atoms with Crippen molar-refractivity contribution in [2.45, 2.75) is 33.4 Å². The highest BCUT2D eigenvalue weighted by molar-refractivity contribution is 5.79. The minimum Gasteiger partial charge on any atom is -0.475 e. The molecule has 2 heterocycles. The van der Waals surface area contributed by atoms with Gasteiger partial charge in [0.25, 0.3) is 0 Å². The lowest BCUT2D eigenvalue weighted by atomic mass is 10.2. The molecule has 2 N–H and O–H groups in total. The number of aryl methyl sites for hydroxylation is 3. The van der Waals surface area contributed by atoms with E-state index >= 15 is 0 Å². The first-order valence-corrected chi connectivity index (χ1v) is 9.15. The zero-order chi connectivity index (χ0) is 19.5. The minimum atomic E-state index is 0.472. The number of guanidine groups is 1. The van der Waals surface area contributed by atoms with Gasteiger partial charge in [0, 0.05) is 51.2 Å². The number of ether oxygens (including phenoxy) is 2. The molecule has 0 atom stereocenters. The van der Waals surface area contributed by atoms with E-state index in [1.54, 1.807) is 20.4 Å². The van der Waals surface area contributed by atoms with Gasteiger partial charge in [-0.15, -0.1) is 0 Å². The summed E-state index contributed by atoms with van der Waals surface area (Å²) in [6.07, 6.45) is 2.68. The zero-order valence-corrected chi connectivity index (χ0v) is 16.7. The first-order valence-electron chi connectivity index (χ1n) is 9.15. The number of nitrogens with zero attached hydrogens (tertiary/aromatic N) is 4. The van der Waals surface area contributed by atoms with E-state index in [9.17, 15) is 0 Å². The second-order valence-electron chi connectivity index (χ2n) is 6.17. The molecule has 0 aromatic carbocycles. The molecule has 0 spiro atoms. The van der Waals surface area contributed by atoms with Gasteiger partial charge in [-0.25, -0.2) is 4.98 Å². The minimum absolute atomic E-state index is 0.472. The lowest BCUT2D eigenvalue weighted by Crippen LogP contribution is -2.37. The van der Waals surface area contributed by atoms with Crippen LogP contribution in [-0.4, -0.2) is 54.6 Å². The summed E-state index contributed by atoms with van der Waals surface area (Å²) in [6, 6.07) is 5.97. The van der Waals surface area contributed by atoms with Gasteiger partial charge in [0.15, 0.2) is 5.96 Å². The summed E-state index contributed by atoms with van der Waals surface area (Å²) in [5, 5.41) is 11.1. The summed E-state index contributed by atoms with van der Waals surface area (Å²) in [7, 11) is 3.41. The third-order valence-corrected chi connectivity index (χ3v) is 3.99. The lowest BCUT2D eigenvalue weighted by molar-refractivity contribution is 0.143. The van der Waals surface area contributed by atoms with Crippen LogP contribution in [0.15, 0.2) is 29.4 Å². The summed E-state index contributed by atoms with van der Waals surface area (Å²) in [5.74, 6) is 1.36. The fourth-order valence-electron chi connectivity index (χ4n) is 2.65. The Labute approximate surface area is 161 Å². The smallest absolute Gasteiger partial charge is 0.218 e. The van der Waals surface area contributed by atoms with Crippen molar-refractivity contribution in [1.29, 1.82) is 0 Å². The molecule has 148 valence electrons. The maximum absolute atomic E-state index is 5.66. The number of pyridine rings is 1. The molecule has 0 saturated carbocycles. The molecule has 8 heteroatoms. The van der Waals surface area contributed by atoms with Crippen molar-refractivity contribution in [1.82, 2.24) is 25.4 Å². The number of hydrogen-bond donors (Lipinski definition) is 2. The Morgan fingerprint density at radius 2 is 2.11 bits per heavy atom. The van der Waals surface area contributed by atoms with Gasteiger partial charge in [0.1, 0.15) is 6.61 Å². The van der Waals surface area contributed by atoms with Crippen molar-refractivity contribution in [3.05, 3.63) is 41.3 Å². The number of aromatic nitrogens is 3. The topological polar surface area (TPSA) is 85.6 Å². The van der Waals surface area contributed by atoms with E-state index in [1.807, 2.05) is 23.7 Å². The van der Waals surface area contributed by atoms with Crippen LogP contribution in [0.1, 0.15) is 23.4 Å². The highest BCUT2D eigenvalue weighted by atomic mass is 16.5. The molecular formula is C19H30N6O2. The van der Waals surface area contributed by atoms with E-state index in [2.05, 4.69) is 38.7 Å². The summed E-state index contributed by atoms with van der Waals surface area (Å²) in [6.45, 7) is 7.36. The van der Waals surface area contributed by atoms with Gasteiger partial charge in [-0.3, -0.25) is 9.67 Å². The normalized spacial score (nSPS) is 11.5. The van der Waals surface area contributed by atoms with Crippen molar-refractivity contribution >= 4 is 5.96 Å². The Morgan fingerprint density at radius 1 is 1.26 bits per heavy atom. The average molecular weight is 374 g/mol. The first-order chi connectivity index (χ1) is 13.1. The lowest BCUT2D eigenvalue weighted by Gasteiger charge is -2.14. The highest BCUT2D eigenvalue weighted by Gasteiger charge is 2.06. The van der Waals surface area contributed by atoms with Crippen molar-refractivity contribution in [3.8, 4) is 5.88 Å². The fraction of sp³-hybridized carbons (Fsp3) is 0.526. The molecule has 0 aliphatic heterocycles. The van der Waals surface area contributed by atoms with E-state index in [1.165, 1.54) is 5.69 Å². The molecule has 0 unspecified atom stereocenters. The van der Waals surface area contributed by atoms with Crippen LogP contribution in [0, 0.1) is 13.8 Å². The van der Waals surface area contributed by atoms with Crippen molar-refractivity contribution in [2.75, 3.05) is 33.9 Å². The van der Waals surface area contributed by atoms with E-state index in [0.29, 0.717) is 25.6 Å². The molecule has 0 amide bonds. The van der Waals surface area contributed by atoms with Gasteiger partial charge in [-0.1, -0.05) is 6.07 Å². The molecule has 0 saturated heterocycles. The summed E-state index contributed by atoms with van der Waals surface area (Å²) >= 11 is 0. The van der Waals surface area contributed by atoms with Crippen molar-refractivity contribution in [2.24, 2.45) is 4.99 Å². The monoisotopic (exact) mass is 374 g/mol. The van der Waals surface area contributed by atoms with Crippen LogP contribution in [0.25, 0.3) is 0 Å². The summed E-state index contributed by atoms with van der Waals surface area (Å²) in [5.41, 5.74) is 3.21. The van der Waals surface area contributed by atoms with Crippen LogP contribution in [0.4, 0.5) is 0 Å². The van der Waals surface area contributed by atoms with Gasteiger partial charge < -0.3 is 20.1 Å². The zero-order valence-electron chi connectivity index (χ0n) is 16.7. The van der Waals surface area contributed by atoms with Gasteiger partial charge in [0.2, 0.25) is 5.88 Å². The van der Waals surface area contributed by atoms with Gasteiger partial charge in [-0.2, -0.15) is 5.10 Å². The summed E-state index contributed by atoms with van der Waals surface area (Å²) in [4.78, 5) is 8.55. The highest BCUT2D eigenvalue weighted by Crippen LogP contribution is 2.13. The molecule has 0 bridgehead atoms. The van der Waals surface area contributed by atoms with Crippen LogP contribution in [0.2, 0.25) is 0 Å². The first kappa shape index (κ1) is 20.7. The van der Waals surface area contributed by atoms with Gasteiger partial charge in [-0.05, 0) is 32.4 Å². The number of hydrogen-bond acceptors (Lipinski definition) is 5. The predicted molar refractivity (Wildman–Crippen MR) is 106 cm³/mol. The third-order valence-electron chi connectivity index (χ3n) is 3.99. The number of methoxy groups -OCH3 is 1. The van der Waals surface area contributed by atoms with Gasteiger partial charge in [0.05, 0.1) is 12.3 Å². The SMILES string of the molecule is CN=C(NCCCn1nc(C)cc1C)NCc1cccnc1OCCOC. The van der Waals surface area contributed by atoms with E-state index < -0.39 is 0 Å². The summed E-state index contributed by atoms with van der Waals surface area (Å²) < 4.78 is 12.7. The second kappa shape index (κ2) is 11.2. The molecule has 2 rings (SSSR count).